The van der Waals surface area contributed by atoms with Crippen molar-refractivity contribution in [2.75, 3.05) is 5.75 Å². The van der Waals surface area contributed by atoms with Crippen molar-refractivity contribution in [3.8, 4) is 0 Å². The number of rotatable bonds is 2. The second-order valence-electron chi connectivity index (χ2n) is 2.48. The third-order valence-electron chi connectivity index (χ3n) is 1.81. The van der Waals surface area contributed by atoms with Crippen LogP contribution in [0, 0.1) is 5.92 Å². The van der Waals surface area contributed by atoms with E-state index in [0.717, 1.165) is 5.92 Å². The third-order valence-corrected chi connectivity index (χ3v) is 2.47. The Morgan fingerprint density at radius 3 is 2.50 bits per heavy atom. The smallest absolute Gasteiger partial charge is 0.0105 e. The van der Waals surface area contributed by atoms with Gasteiger partial charge >= 0.3 is 0 Å². The first-order valence-corrected chi connectivity index (χ1v) is 4.30. The number of nitrogens with two attached hydrogens (primary N) is 1. The maximum atomic E-state index is 5.32. The molecule has 0 aromatic carbocycles. The van der Waals surface area contributed by atoms with Gasteiger partial charge in [-0.1, -0.05) is 24.8 Å². The first kappa shape index (κ1) is 6.43. The summed E-state index contributed by atoms with van der Waals surface area (Å²) >= 11 is 1.50. The predicted octanol–water partition coefficient (Wildman–Crippen LogP) is 1.78. The Bertz CT molecular complexity index is 59.5. The maximum Gasteiger partial charge on any atom is 0.0105 e. The highest BCUT2D eigenvalue weighted by Gasteiger charge is 2.13. The Morgan fingerprint density at radius 1 is 1.38 bits per heavy atom. The van der Waals surface area contributed by atoms with E-state index in [2.05, 4.69) is 0 Å². The SMILES string of the molecule is NSCC1CCCC1. The van der Waals surface area contributed by atoms with Gasteiger partial charge in [-0.25, -0.2) is 0 Å². The summed E-state index contributed by atoms with van der Waals surface area (Å²) < 4.78 is 0. The lowest BCUT2D eigenvalue weighted by atomic mass is 10.1. The summed E-state index contributed by atoms with van der Waals surface area (Å²) in [4.78, 5) is 0. The van der Waals surface area contributed by atoms with E-state index in [1.165, 1.54) is 43.4 Å². The fourth-order valence-corrected chi connectivity index (χ4v) is 1.92. The van der Waals surface area contributed by atoms with Crippen LogP contribution < -0.4 is 5.14 Å². The van der Waals surface area contributed by atoms with E-state index in [1.807, 2.05) is 0 Å². The fraction of sp³-hybridized carbons (Fsp3) is 1.00. The molecule has 0 saturated heterocycles. The highest BCUT2D eigenvalue weighted by atomic mass is 32.2. The summed E-state index contributed by atoms with van der Waals surface area (Å²) in [5.74, 6) is 2.13. The molecule has 1 nitrogen and oxygen atoms in total. The Morgan fingerprint density at radius 2 is 2.00 bits per heavy atom. The molecule has 0 amide bonds. The normalized spacial score (nSPS) is 22.1. The molecule has 0 unspecified atom stereocenters. The monoisotopic (exact) mass is 131 g/mol. The van der Waals surface area contributed by atoms with Crippen LogP contribution >= 0.6 is 11.9 Å². The van der Waals surface area contributed by atoms with Crippen molar-refractivity contribution >= 4 is 11.9 Å². The zero-order valence-electron chi connectivity index (χ0n) is 5.10. The van der Waals surface area contributed by atoms with Gasteiger partial charge < -0.3 is 0 Å². The molecule has 2 heteroatoms. The summed E-state index contributed by atoms with van der Waals surface area (Å²) in [6.07, 6.45) is 5.71. The molecule has 0 spiro atoms. The molecule has 48 valence electrons. The van der Waals surface area contributed by atoms with Crippen molar-refractivity contribution in [2.24, 2.45) is 11.1 Å². The van der Waals surface area contributed by atoms with Crippen LogP contribution in [0.1, 0.15) is 25.7 Å². The molecular formula is C6H13NS. The number of hydrogen-bond donors (Lipinski definition) is 1. The molecule has 0 aliphatic heterocycles. The second-order valence-corrected chi connectivity index (χ2v) is 3.15. The van der Waals surface area contributed by atoms with Crippen LogP contribution in [-0.2, 0) is 0 Å². The van der Waals surface area contributed by atoms with Gasteiger partial charge in [0.15, 0.2) is 0 Å². The molecule has 0 heterocycles. The summed E-state index contributed by atoms with van der Waals surface area (Å²) in [5, 5.41) is 5.32. The molecule has 0 aromatic rings. The molecule has 0 radical (unpaired) electrons. The fourth-order valence-electron chi connectivity index (χ4n) is 1.31. The minimum absolute atomic E-state index is 0.949. The van der Waals surface area contributed by atoms with E-state index in [-0.39, 0.29) is 0 Å². The molecule has 0 atom stereocenters. The molecule has 1 saturated carbocycles. The minimum atomic E-state index is 0.949. The van der Waals surface area contributed by atoms with Gasteiger partial charge in [0.1, 0.15) is 0 Å². The molecule has 0 bridgehead atoms. The van der Waals surface area contributed by atoms with Crippen molar-refractivity contribution < 1.29 is 0 Å². The largest absolute Gasteiger partial charge is 0.278 e. The number of hydrogen-bond acceptors (Lipinski definition) is 2. The Hall–Kier alpha value is 0.310. The predicted molar refractivity (Wildman–Crippen MR) is 38.6 cm³/mol. The molecule has 1 aliphatic rings. The molecule has 1 rings (SSSR count). The molecule has 0 aromatic heterocycles. The van der Waals surface area contributed by atoms with Crippen LogP contribution in [0.5, 0.6) is 0 Å². The van der Waals surface area contributed by atoms with Gasteiger partial charge in [0.05, 0.1) is 0 Å². The minimum Gasteiger partial charge on any atom is -0.278 e. The highest BCUT2D eigenvalue weighted by Crippen LogP contribution is 2.26. The lowest BCUT2D eigenvalue weighted by Gasteiger charge is -2.02. The summed E-state index contributed by atoms with van der Waals surface area (Å²) in [5.41, 5.74) is 0. The van der Waals surface area contributed by atoms with Crippen molar-refractivity contribution in [2.45, 2.75) is 25.7 Å². The maximum absolute atomic E-state index is 5.32. The van der Waals surface area contributed by atoms with E-state index >= 15 is 0 Å². The van der Waals surface area contributed by atoms with Crippen LogP contribution in [0.4, 0.5) is 0 Å². The van der Waals surface area contributed by atoms with Gasteiger partial charge in [-0.15, -0.1) is 0 Å². The zero-order valence-corrected chi connectivity index (χ0v) is 5.91. The van der Waals surface area contributed by atoms with E-state index < -0.39 is 0 Å². The van der Waals surface area contributed by atoms with Gasteiger partial charge in [0.2, 0.25) is 0 Å². The van der Waals surface area contributed by atoms with Crippen molar-refractivity contribution in [1.82, 2.24) is 0 Å². The average Bonchev–Trinajstić information content (AvgIpc) is 2.19. The first-order valence-electron chi connectivity index (χ1n) is 3.25. The summed E-state index contributed by atoms with van der Waals surface area (Å²) in [7, 11) is 0. The van der Waals surface area contributed by atoms with Crippen molar-refractivity contribution in [3.63, 3.8) is 0 Å². The molecule has 1 aliphatic carbocycles. The second kappa shape index (κ2) is 3.36. The average molecular weight is 131 g/mol. The highest BCUT2D eigenvalue weighted by molar-refractivity contribution is 7.97. The van der Waals surface area contributed by atoms with Crippen molar-refractivity contribution in [3.05, 3.63) is 0 Å². The van der Waals surface area contributed by atoms with Crippen LogP contribution in [0.3, 0.4) is 0 Å². The van der Waals surface area contributed by atoms with Gasteiger partial charge in [-0.2, -0.15) is 0 Å². The van der Waals surface area contributed by atoms with Crippen LogP contribution in [0.25, 0.3) is 0 Å². The third kappa shape index (κ3) is 1.67. The molecular weight excluding hydrogens is 118 g/mol. The molecule has 8 heavy (non-hydrogen) atoms. The lowest BCUT2D eigenvalue weighted by Crippen LogP contribution is -1.98. The first-order chi connectivity index (χ1) is 3.93. The van der Waals surface area contributed by atoms with Crippen molar-refractivity contribution in [1.29, 1.82) is 0 Å². The van der Waals surface area contributed by atoms with Gasteiger partial charge in [0.25, 0.3) is 0 Å². The van der Waals surface area contributed by atoms with Crippen LogP contribution in [0.2, 0.25) is 0 Å². The van der Waals surface area contributed by atoms with Gasteiger partial charge in [-0.3, -0.25) is 5.14 Å². The van der Waals surface area contributed by atoms with Crippen LogP contribution in [0.15, 0.2) is 0 Å². The van der Waals surface area contributed by atoms with E-state index in [0.29, 0.717) is 0 Å². The molecule has 1 fully saturated rings. The topological polar surface area (TPSA) is 26.0 Å². The van der Waals surface area contributed by atoms with E-state index in [9.17, 15) is 0 Å². The lowest BCUT2D eigenvalue weighted by molar-refractivity contribution is 0.623. The standard InChI is InChI=1S/C6H13NS/c7-8-5-6-3-1-2-4-6/h6H,1-5,7H2. The van der Waals surface area contributed by atoms with Gasteiger partial charge in [0, 0.05) is 5.75 Å². The van der Waals surface area contributed by atoms with Gasteiger partial charge in [-0.05, 0) is 18.8 Å². The Balaban J connectivity index is 2.06. The summed E-state index contributed by atoms with van der Waals surface area (Å²) in [6, 6.07) is 0. The Kier molecular flexibility index (Phi) is 2.70. The Labute approximate surface area is 55.2 Å². The zero-order chi connectivity index (χ0) is 5.82. The van der Waals surface area contributed by atoms with E-state index in [4.69, 9.17) is 5.14 Å². The van der Waals surface area contributed by atoms with E-state index in [1.54, 1.807) is 0 Å². The quantitative estimate of drug-likeness (QED) is 0.578. The van der Waals surface area contributed by atoms with Crippen LogP contribution in [-0.4, -0.2) is 5.75 Å². The molecule has 2 N–H and O–H groups in total. The summed E-state index contributed by atoms with van der Waals surface area (Å²) in [6.45, 7) is 0.